The second-order valence-electron chi connectivity index (χ2n) is 9.56. The van der Waals surface area contributed by atoms with Gasteiger partial charge < -0.3 is 15.4 Å². The molecule has 1 atom stereocenters. The number of carbonyl (C=O) groups excluding carboxylic acids is 1. The van der Waals surface area contributed by atoms with Gasteiger partial charge in [-0.1, -0.05) is 23.7 Å². The van der Waals surface area contributed by atoms with Crippen LogP contribution in [0.25, 0.3) is 16.9 Å². The summed E-state index contributed by atoms with van der Waals surface area (Å²) >= 11 is 6.00. The number of hydrogen-bond donors (Lipinski definition) is 3. The lowest BCUT2D eigenvalue weighted by atomic mass is 9.91. The fourth-order valence-electron chi connectivity index (χ4n) is 4.41. The normalized spacial score (nSPS) is 14.7. The molecule has 0 aliphatic heterocycles. The van der Waals surface area contributed by atoms with Crippen LogP contribution in [0.4, 0.5) is 8.78 Å². The molecule has 2 aromatic carbocycles. The van der Waals surface area contributed by atoms with Crippen LogP contribution in [-0.2, 0) is 0 Å². The molecule has 1 aliphatic carbocycles. The largest absolute Gasteiger partial charge is 0.388 e. The molecular weight excluding hydrogens is 490 g/mol. The number of nitrogens with zero attached hydrogens (tertiary/aromatic N) is 2. The van der Waals surface area contributed by atoms with E-state index in [2.05, 4.69) is 15.4 Å². The third-order valence-corrected chi connectivity index (χ3v) is 6.51. The molecule has 1 amide bonds. The van der Waals surface area contributed by atoms with Crippen LogP contribution in [-0.4, -0.2) is 31.2 Å². The molecule has 2 aromatic heterocycles. The fourth-order valence-corrected chi connectivity index (χ4v) is 4.58. The van der Waals surface area contributed by atoms with Gasteiger partial charge in [-0.2, -0.15) is 0 Å². The number of amides is 1. The number of fused-ring (bicyclic) bond motifs is 1. The number of H-pyrrole nitrogens is 1. The second kappa shape index (κ2) is 8.83. The smallest absolute Gasteiger partial charge is 0.275 e. The molecule has 4 aromatic rings. The number of benzene rings is 2. The number of aromatic amines is 1. The monoisotopic (exact) mass is 512 g/mol. The van der Waals surface area contributed by atoms with Gasteiger partial charge in [0.2, 0.25) is 0 Å². The van der Waals surface area contributed by atoms with E-state index in [4.69, 9.17) is 11.6 Å². The van der Waals surface area contributed by atoms with E-state index < -0.39 is 34.7 Å². The quantitative estimate of drug-likeness (QED) is 0.347. The number of aliphatic hydroxyl groups is 1. The van der Waals surface area contributed by atoms with Crippen molar-refractivity contribution < 1.29 is 18.7 Å². The Balaban J connectivity index is 1.59. The van der Waals surface area contributed by atoms with E-state index in [9.17, 15) is 23.5 Å². The molecule has 36 heavy (non-hydrogen) atoms. The highest BCUT2D eigenvalue weighted by Crippen LogP contribution is 2.44. The molecule has 0 bridgehead atoms. The second-order valence-corrected chi connectivity index (χ2v) is 10.00. The van der Waals surface area contributed by atoms with Gasteiger partial charge in [0.1, 0.15) is 17.2 Å². The Morgan fingerprint density at radius 3 is 2.56 bits per heavy atom. The van der Waals surface area contributed by atoms with E-state index in [0.29, 0.717) is 11.1 Å². The highest BCUT2D eigenvalue weighted by Gasteiger charge is 2.36. The van der Waals surface area contributed by atoms with Crippen molar-refractivity contribution in [3.8, 4) is 11.4 Å². The molecule has 10 heteroatoms. The zero-order chi connectivity index (χ0) is 25.8. The maximum atomic E-state index is 14.4. The average Bonchev–Trinajstić information content (AvgIpc) is 3.58. The first-order valence-electron chi connectivity index (χ1n) is 11.4. The molecule has 0 saturated heterocycles. The van der Waals surface area contributed by atoms with E-state index in [1.807, 2.05) is 0 Å². The third-order valence-electron chi connectivity index (χ3n) is 6.28. The third kappa shape index (κ3) is 4.52. The van der Waals surface area contributed by atoms with Gasteiger partial charge in [-0.15, -0.1) is 5.10 Å². The number of aromatic nitrogens is 3. The van der Waals surface area contributed by atoms with Crippen LogP contribution in [0.5, 0.6) is 0 Å². The molecule has 186 valence electrons. The molecular formula is C26H23ClF2N4O3. The molecule has 0 spiro atoms. The molecule has 1 saturated carbocycles. The van der Waals surface area contributed by atoms with Crippen molar-refractivity contribution >= 4 is 23.0 Å². The Labute approximate surface area is 209 Å². The van der Waals surface area contributed by atoms with E-state index in [1.165, 1.54) is 67.0 Å². The Bertz CT molecular complexity index is 1540. The molecule has 2 heterocycles. The molecule has 0 unspecified atom stereocenters. The fraction of sp³-hybridized carbons (Fsp3) is 0.269. The standard InChI is InChI=1S/C26H23ClF2N4O3/c1-26(2,36)22(14-5-8-16(28)9-6-14)30-24(34)18-12-33-21(20(18)13-3-4-13)25(35)31-23(32-33)17-11-15(27)7-10-19(17)29/h5-13,22,36H,3-4H2,1-2H3,(H,30,34)(H,31,32,35)/t22-/m0/s1. The highest BCUT2D eigenvalue weighted by atomic mass is 35.5. The Kier molecular flexibility index (Phi) is 5.92. The Hall–Kier alpha value is -3.56. The van der Waals surface area contributed by atoms with Gasteiger partial charge in [-0.3, -0.25) is 9.59 Å². The maximum absolute atomic E-state index is 14.4. The van der Waals surface area contributed by atoms with Crippen LogP contribution >= 0.6 is 11.6 Å². The van der Waals surface area contributed by atoms with E-state index >= 15 is 0 Å². The van der Waals surface area contributed by atoms with E-state index in [1.54, 1.807) is 0 Å². The van der Waals surface area contributed by atoms with Crippen molar-refractivity contribution in [2.75, 3.05) is 0 Å². The van der Waals surface area contributed by atoms with E-state index in [0.717, 1.165) is 12.8 Å². The predicted octanol–water partition coefficient (Wildman–Crippen LogP) is 4.74. The topological polar surface area (TPSA) is 99.5 Å². The van der Waals surface area contributed by atoms with Crippen molar-refractivity contribution in [3.63, 3.8) is 0 Å². The first-order chi connectivity index (χ1) is 17.0. The van der Waals surface area contributed by atoms with Crippen LogP contribution in [0.15, 0.2) is 53.5 Å². The maximum Gasteiger partial charge on any atom is 0.275 e. The summed E-state index contributed by atoms with van der Waals surface area (Å²) in [4.78, 5) is 29.2. The van der Waals surface area contributed by atoms with Crippen molar-refractivity contribution in [2.45, 2.75) is 44.2 Å². The minimum absolute atomic E-state index is 0.00110. The molecule has 1 fully saturated rings. The number of carbonyl (C=O) groups is 1. The lowest BCUT2D eigenvalue weighted by Gasteiger charge is -2.30. The summed E-state index contributed by atoms with van der Waals surface area (Å²) in [6.45, 7) is 3.08. The minimum atomic E-state index is -1.38. The SMILES string of the molecule is CC(C)(O)[C@@H](NC(=O)c1cn2nc(-c3cc(Cl)ccc3F)[nH]c(=O)c2c1C1CC1)c1ccc(F)cc1. The summed E-state index contributed by atoms with van der Waals surface area (Å²) in [6, 6.07) is 8.56. The van der Waals surface area contributed by atoms with Gasteiger partial charge in [0.05, 0.1) is 22.8 Å². The number of hydrogen-bond acceptors (Lipinski definition) is 4. The average molecular weight is 513 g/mol. The van der Waals surface area contributed by atoms with Crippen molar-refractivity contribution in [1.29, 1.82) is 0 Å². The summed E-state index contributed by atoms with van der Waals surface area (Å²) in [6.07, 6.45) is 3.04. The van der Waals surface area contributed by atoms with Gasteiger partial charge in [0.15, 0.2) is 5.82 Å². The molecule has 0 radical (unpaired) electrons. The summed E-state index contributed by atoms with van der Waals surface area (Å²) in [5.74, 6) is -1.60. The molecule has 3 N–H and O–H groups in total. The zero-order valence-electron chi connectivity index (χ0n) is 19.5. The molecule has 5 rings (SSSR count). The predicted molar refractivity (Wildman–Crippen MR) is 131 cm³/mol. The lowest BCUT2D eigenvalue weighted by Crippen LogP contribution is -2.42. The van der Waals surface area contributed by atoms with Gasteiger partial charge in [-0.05, 0) is 68.5 Å². The number of rotatable bonds is 6. The van der Waals surface area contributed by atoms with E-state index in [-0.39, 0.29) is 33.4 Å². The lowest BCUT2D eigenvalue weighted by molar-refractivity contribution is 0.0343. The van der Waals surface area contributed by atoms with Crippen molar-refractivity contribution in [2.24, 2.45) is 0 Å². The zero-order valence-corrected chi connectivity index (χ0v) is 20.2. The van der Waals surface area contributed by atoms with Crippen LogP contribution in [0, 0.1) is 11.6 Å². The number of nitrogens with one attached hydrogen (secondary N) is 2. The molecule has 1 aliphatic rings. The van der Waals surface area contributed by atoms with Crippen LogP contribution in [0.1, 0.15) is 60.1 Å². The first kappa shape index (κ1) is 24.1. The Morgan fingerprint density at radius 1 is 1.22 bits per heavy atom. The van der Waals surface area contributed by atoms with Crippen molar-refractivity contribution in [1.82, 2.24) is 19.9 Å². The Morgan fingerprint density at radius 2 is 1.92 bits per heavy atom. The summed E-state index contributed by atoms with van der Waals surface area (Å²) < 4.78 is 29.2. The van der Waals surface area contributed by atoms with Gasteiger partial charge in [0.25, 0.3) is 11.5 Å². The highest BCUT2D eigenvalue weighted by molar-refractivity contribution is 6.30. The van der Waals surface area contributed by atoms with Gasteiger partial charge in [0, 0.05) is 16.8 Å². The summed E-state index contributed by atoms with van der Waals surface area (Å²) in [5, 5.41) is 18.2. The van der Waals surface area contributed by atoms with Gasteiger partial charge in [-0.25, -0.2) is 13.3 Å². The summed E-state index contributed by atoms with van der Waals surface area (Å²) in [5.41, 5.74) is -0.368. The summed E-state index contributed by atoms with van der Waals surface area (Å²) in [7, 11) is 0. The first-order valence-corrected chi connectivity index (χ1v) is 11.8. The van der Waals surface area contributed by atoms with Crippen molar-refractivity contribution in [3.05, 3.63) is 92.4 Å². The van der Waals surface area contributed by atoms with Crippen LogP contribution in [0.2, 0.25) is 5.02 Å². The molecule has 7 nitrogen and oxygen atoms in total. The number of halogens is 3. The van der Waals surface area contributed by atoms with Crippen LogP contribution in [0.3, 0.4) is 0 Å². The van der Waals surface area contributed by atoms with Gasteiger partial charge >= 0.3 is 0 Å². The minimum Gasteiger partial charge on any atom is -0.388 e. The van der Waals surface area contributed by atoms with Crippen LogP contribution < -0.4 is 10.9 Å².